The minimum Gasteiger partial charge on any atom is -0.508 e. The number of phenolic OH excluding ortho intramolecular Hbond substituents is 1. The molecule has 0 fully saturated rings. The number of likely N-dealkylation sites (N-methyl/N-ethyl adjacent to an activating group) is 1. The summed E-state index contributed by atoms with van der Waals surface area (Å²) in [5.74, 6) is -3.12. The Balaban J connectivity index is 0.000000908. The molecule has 0 unspecified atom stereocenters. The largest absolute Gasteiger partial charge is 0.508 e. The van der Waals surface area contributed by atoms with Crippen molar-refractivity contribution >= 4 is 23.7 Å². The molecular formula is C38H41F3N4O6. The number of hydrogen-bond donors (Lipinski definition) is 4. The van der Waals surface area contributed by atoms with Crippen LogP contribution in [-0.2, 0) is 33.8 Å². The number of carboxylic acid groups (broad SMARTS) is 1. The van der Waals surface area contributed by atoms with Crippen LogP contribution in [0.15, 0.2) is 103 Å². The maximum absolute atomic E-state index is 13.4. The number of hydrogen-bond acceptors (Lipinski definition) is 6. The molecule has 4 N–H and O–H groups in total. The Hall–Kier alpha value is -5.69. The Bertz CT molecular complexity index is 1750. The average molecular weight is 707 g/mol. The minimum absolute atomic E-state index is 0.114. The van der Waals surface area contributed by atoms with Crippen LogP contribution in [0, 0.1) is 0 Å². The molecule has 4 aromatic rings. The van der Waals surface area contributed by atoms with E-state index in [0.717, 1.165) is 34.4 Å². The van der Waals surface area contributed by atoms with Gasteiger partial charge in [-0.2, -0.15) is 13.2 Å². The van der Waals surface area contributed by atoms with Gasteiger partial charge in [0.05, 0.1) is 13.0 Å². The predicted octanol–water partition coefficient (Wildman–Crippen LogP) is 4.91. The number of amides is 3. The molecule has 0 spiro atoms. The molecule has 10 nitrogen and oxygen atoms in total. The van der Waals surface area contributed by atoms with E-state index in [-0.39, 0.29) is 36.4 Å². The van der Waals surface area contributed by atoms with E-state index in [1.165, 1.54) is 0 Å². The van der Waals surface area contributed by atoms with Crippen molar-refractivity contribution in [1.29, 1.82) is 0 Å². The number of alkyl halides is 3. The molecule has 0 aromatic heterocycles. The second-order valence-corrected chi connectivity index (χ2v) is 11.8. The number of carbonyl (C=O) groups excluding carboxylic acids is 3. The maximum Gasteiger partial charge on any atom is 0.490 e. The van der Waals surface area contributed by atoms with Gasteiger partial charge in [0, 0.05) is 31.7 Å². The Labute approximate surface area is 294 Å². The Kier molecular flexibility index (Phi) is 15.2. The highest BCUT2D eigenvalue weighted by molar-refractivity contribution is 6.01. The van der Waals surface area contributed by atoms with Crippen LogP contribution >= 0.6 is 0 Å². The molecule has 3 amide bonds. The van der Waals surface area contributed by atoms with E-state index in [1.807, 2.05) is 110 Å². The highest BCUT2D eigenvalue weighted by Crippen LogP contribution is 2.25. The third-order valence-electron chi connectivity index (χ3n) is 7.47. The summed E-state index contributed by atoms with van der Waals surface area (Å²) in [5, 5.41) is 22.5. The molecule has 13 heteroatoms. The molecule has 4 rings (SSSR count). The third-order valence-corrected chi connectivity index (χ3v) is 7.47. The van der Waals surface area contributed by atoms with Gasteiger partial charge in [0.15, 0.2) is 0 Å². The fraction of sp³-hybridized carbons (Fsp3) is 0.263. The second kappa shape index (κ2) is 19.5. The van der Waals surface area contributed by atoms with E-state index in [1.54, 1.807) is 17.0 Å². The molecule has 0 bridgehead atoms. The molecule has 0 aliphatic rings. The number of aromatic hydroxyl groups is 1. The van der Waals surface area contributed by atoms with Gasteiger partial charge < -0.3 is 30.6 Å². The quantitative estimate of drug-likeness (QED) is 0.146. The normalized spacial score (nSPS) is 10.9. The van der Waals surface area contributed by atoms with Crippen LogP contribution in [0.4, 0.5) is 13.2 Å². The van der Waals surface area contributed by atoms with E-state index >= 15 is 0 Å². The summed E-state index contributed by atoms with van der Waals surface area (Å²) >= 11 is 0. The van der Waals surface area contributed by atoms with Crippen molar-refractivity contribution in [2.75, 3.05) is 40.3 Å². The number of carbonyl (C=O) groups is 4. The van der Waals surface area contributed by atoms with Crippen molar-refractivity contribution in [2.24, 2.45) is 0 Å². The summed E-state index contributed by atoms with van der Waals surface area (Å²) in [5.41, 5.74) is 5.04. The van der Waals surface area contributed by atoms with Gasteiger partial charge >= 0.3 is 12.1 Å². The summed E-state index contributed by atoms with van der Waals surface area (Å²) in [7, 11) is 3.92. The SMILES string of the molecule is CN(C)CCNC(=O)c1ccccc1-c1cccc(CN(CCc2ccc(O)cc2)C(=O)CNC(=O)Cc2ccccc2)c1.O=C(O)C(F)(F)F. The first kappa shape index (κ1) is 39.7. The topological polar surface area (TPSA) is 139 Å². The number of nitrogens with zero attached hydrogens (tertiary/aromatic N) is 2. The number of aliphatic carboxylic acids is 1. The molecule has 270 valence electrons. The van der Waals surface area contributed by atoms with Crippen molar-refractivity contribution in [3.8, 4) is 16.9 Å². The number of carboxylic acids is 1. The van der Waals surface area contributed by atoms with Gasteiger partial charge in [-0.3, -0.25) is 14.4 Å². The van der Waals surface area contributed by atoms with Gasteiger partial charge in [-0.15, -0.1) is 0 Å². The lowest BCUT2D eigenvalue weighted by Gasteiger charge is -2.24. The molecule has 0 radical (unpaired) electrons. The van der Waals surface area contributed by atoms with Crippen molar-refractivity contribution in [3.05, 3.63) is 125 Å². The van der Waals surface area contributed by atoms with Crippen molar-refractivity contribution in [2.45, 2.75) is 25.6 Å². The second-order valence-electron chi connectivity index (χ2n) is 11.8. The summed E-state index contributed by atoms with van der Waals surface area (Å²) in [6, 6.07) is 31.7. The standard InChI is InChI=1S/C36H40N4O4.C2HF3O2/c1-39(2)22-20-37-36(44)33-14-7-6-13-32(33)30-12-8-11-29(23-30)26-40(21-19-27-15-17-31(41)18-16-27)35(43)25-38-34(42)24-28-9-4-3-5-10-28;3-2(4,5)1(6)7/h3-18,23,41H,19-22,24-26H2,1-2H3,(H,37,44)(H,38,42);(H,6,7). The molecule has 0 heterocycles. The van der Waals surface area contributed by atoms with Gasteiger partial charge in [-0.05, 0) is 72.6 Å². The predicted molar refractivity (Wildman–Crippen MR) is 187 cm³/mol. The lowest BCUT2D eigenvalue weighted by atomic mass is 9.97. The van der Waals surface area contributed by atoms with Gasteiger partial charge in [-0.25, -0.2) is 4.79 Å². The molecular weight excluding hydrogens is 665 g/mol. The first-order valence-corrected chi connectivity index (χ1v) is 16.0. The third kappa shape index (κ3) is 14.0. The van der Waals surface area contributed by atoms with Crippen LogP contribution < -0.4 is 10.6 Å². The molecule has 0 saturated heterocycles. The van der Waals surface area contributed by atoms with Crippen LogP contribution in [0.5, 0.6) is 5.75 Å². The smallest absolute Gasteiger partial charge is 0.490 e. The van der Waals surface area contributed by atoms with Gasteiger partial charge in [0.25, 0.3) is 5.91 Å². The lowest BCUT2D eigenvalue weighted by molar-refractivity contribution is -0.192. The Morgan fingerprint density at radius 3 is 2.02 bits per heavy atom. The van der Waals surface area contributed by atoms with E-state index < -0.39 is 12.1 Å². The highest BCUT2D eigenvalue weighted by Gasteiger charge is 2.38. The summed E-state index contributed by atoms with van der Waals surface area (Å²) in [6.45, 7) is 1.92. The fourth-order valence-corrected chi connectivity index (χ4v) is 4.83. The number of halogens is 3. The van der Waals surface area contributed by atoms with E-state index in [2.05, 4.69) is 10.6 Å². The van der Waals surface area contributed by atoms with Crippen LogP contribution in [0.3, 0.4) is 0 Å². The van der Waals surface area contributed by atoms with Crippen molar-refractivity contribution < 1.29 is 42.6 Å². The van der Waals surface area contributed by atoms with Crippen molar-refractivity contribution in [3.63, 3.8) is 0 Å². The molecule has 4 aromatic carbocycles. The van der Waals surface area contributed by atoms with Crippen LogP contribution in [0.25, 0.3) is 11.1 Å². The lowest BCUT2D eigenvalue weighted by Crippen LogP contribution is -2.41. The van der Waals surface area contributed by atoms with Gasteiger partial charge in [0.1, 0.15) is 5.75 Å². The molecule has 51 heavy (non-hydrogen) atoms. The monoisotopic (exact) mass is 706 g/mol. The fourth-order valence-electron chi connectivity index (χ4n) is 4.83. The maximum atomic E-state index is 13.4. The van der Waals surface area contributed by atoms with Crippen LogP contribution in [0.1, 0.15) is 27.0 Å². The van der Waals surface area contributed by atoms with Crippen molar-refractivity contribution in [1.82, 2.24) is 20.4 Å². The first-order chi connectivity index (χ1) is 24.2. The van der Waals surface area contributed by atoms with E-state index in [9.17, 15) is 32.7 Å². The Morgan fingerprint density at radius 2 is 1.37 bits per heavy atom. The molecule has 0 aliphatic carbocycles. The zero-order chi connectivity index (χ0) is 37.4. The summed E-state index contributed by atoms with van der Waals surface area (Å²) in [4.78, 5) is 51.7. The zero-order valence-corrected chi connectivity index (χ0v) is 28.3. The summed E-state index contributed by atoms with van der Waals surface area (Å²) < 4.78 is 31.7. The molecule has 0 aliphatic heterocycles. The van der Waals surface area contributed by atoms with Crippen LogP contribution in [0.2, 0.25) is 0 Å². The average Bonchev–Trinajstić information content (AvgIpc) is 3.10. The minimum atomic E-state index is -5.08. The number of rotatable bonds is 14. The van der Waals surface area contributed by atoms with Gasteiger partial charge in [0.2, 0.25) is 11.8 Å². The van der Waals surface area contributed by atoms with Gasteiger partial charge in [-0.1, -0.05) is 78.9 Å². The van der Waals surface area contributed by atoms with Crippen LogP contribution in [-0.4, -0.2) is 90.2 Å². The zero-order valence-electron chi connectivity index (χ0n) is 28.3. The van der Waals surface area contributed by atoms with E-state index in [0.29, 0.717) is 31.6 Å². The number of benzene rings is 4. The Morgan fingerprint density at radius 1 is 0.745 bits per heavy atom. The van der Waals surface area contributed by atoms with E-state index in [4.69, 9.17) is 9.90 Å². The number of nitrogens with one attached hydrogen (secondary N) is 2. The first-order valence-electron chi connectivity index (χ1n) is 16.0. The highest BCUT2D eigenvalue weighted by atomic mass is 19.4. The molecule has 0 saturated carbocycles. The molecule has 0 atom stereocenters. The summed E-state index contributed by atoms with van der Waals surface area (Å²) in [6.07, 6.45) is -4.30. The number of phenols is 1.